The predicted molar refractivity (Wildman–Crippen MR) is 109 cm³/mol. The van der Waals surface area contributed by atoms with Crippen LogP contribution in [-0.4, -0.2) is 35.3 Å². The van der Waals surface area contributed by atoms with Crippen LogP contribution in [0.3, 0.4) is 0 Å². The van der Waals surface area contributed by atoms with Gasteiger partial charge in [-0.25, -0.2) is 4.98 Å². The third-order valence-electron chi connectivity index (χ3n) is 4.69. The second-order valence-electron chi connectivity index (χ2n) is 6.84. The van der Waals surface area contributed by atoms with Gasteiger partial charge in [0.2, 0.25) is 0 Å². The minimum absolute atomic E-state index is 0.0684. The van der Waals surface area contributed by atoms with E-state index < -0.39 is 0 Å². The molecule has 0 aliphatic rings. The van der Waals surface area contributed by atoms with E-state index in [1.807, 2.05) is 42.7 Å². The molecule has 0 N–H and O–H groups in total. The van der Waals surface area contributed by atoms with E-state index in [1.54, 1.807) is 37.3 Å². The molecule has 0 aliphatic carbocycles. The molecule has 144 valence electrons. The summed E-state index contributed by atoms with van der Waals surface area (Å²) in [5.74, 6) is 0.0684. The Morgan fingerprint density at radius 2 is 1.72 bits per heavy atom. The maximum Gasteiger partial charge on any atom is 0.158 e. The molecule has 0 aliphatic heterocycles. The number of pyridine rings is 2. The minimum atomic E-state index is 0.0684. The summed E-state index contributed by atoms with van der Waals surface area (Å²) in [5.41, 5.74) is 6.04. The van der Waals surface area contributed by atoms with Crippen molar-refractivity contribution in [1.82, 2.24) is 29.5 Å². The second kappa shape index (κ2) is 8.10. The monoisotopic (exact) mass is 384 g/mol. The highest BCUT2D eigenvalue weighted by Gasteiger charge is 2.13. The van der Waals surface area contributed by atoms with Crippen LogP contribution < -0.4 is 0 Å². The lowest BCUT2D eigenvalue weighted by atomic mass is 10.1. The van der Waals surface area contributed by atoms with Gasteiger partial charge < -0.3 is 4.57 Å². The third-order valence-corrected chi connectivity index (χ3v) is 4.69. The van der Waals surface area contributed by atoms with E-state index in [4.69, 9.17) is 0 Å². The van der Waals surface area contributed by atoms with Crippen LogP contribution in [0.25, 0.3) is 22.5 Å². The van der Waals surface area contributed by atoms with Crippen LogP contribution in [0.1, 0.15) is 17.1 Å². The average molecular weight is 384 g/mol. The van der Waals surface area contributed by atoms with Gasteiger partial charge in [0.15, 0.2) is 5.78 Å². The van der Waals surface area contributed by atoms with E-state index in [0.717, 1.165) is 39.6 Å². The zero-order chi connectivity index (χ0) is 20.2. The molecule has 4 heterocycles. The lowest BCUT2D eigenvalue weighted by Gasteiger charge is -2.06. The van der Waals surface area contributed by atoms with Crippen LogP contribution in [0.4, 0.5) is 0 Å². The number of carbonyl (C=O) groups excluding carboxylic acids is 1. The maximum absolute atomic E-state index is 12.6. The molecule has 0 aromatic carbocycles. The van der Waals surface area contributed by atoms with Gasteiger partial charge in [-0.2, -0.15) is 0 Å². The molecule has 29 heavy (non-hydrogen) atoms. The normalized spacial score (nSPS) is 10.8. The van der Waals surface area contributed by atoms with Crippen molar-refractivity contribution in [3.63, 3.8) is 0 Å². The van der Waals surface area contributed by atoms with E-state index in [-0.39, 0.29) is 18.7 Å². The van der Waals surface area contributed by atoms with E-state index in [9.17, 15) is 4.79 Å². The van der Waals surface area contributed by atoms with Crippen molar-refractivity contribution in [1.29, 1.82) is 0 Å². The summed E-state index contributed by atoms with van der Waals surface area (Å²) >= 11 is 0. The highest BCUT2D eigenvalue weighted by atomic mass is 16.1. The molecule has 0 amide bonds. The zero-order valence-electron chi connectivity index (χ0n) is 16.3. The van der Waals surface area contributed by atoms with Gasteiger partial charge in [0.25, 0.3) is 0 Å². The van der Waals surface area contributed by atoms with E-state index in [0.29, 0.717) is 0 Å². The SMILES string of the molecule is Cc1ccc(-c2ncn(CC(=O)Cc3ccc(-c4cnccn4)cn3)c2C)cn1. The Balaban J connectivity index is 1.43. The number of nitrogens with zero attached hydrogens (tertiary/aromatic N) is 6. The fourth-order valence-electron chi connectivity index (χ4n) is 3.07. The second-order valence-corrected chi connectivity index (χ2v) is 6.84. The smallest absolute Gasteiger partial charge is 0.158 e. The third kappa shape index (κ3) is 4.24. The first-order valence-electron chi connectivity index (χ1n) is 9.28. The summed E-state index contributed by atoms with van der Waals surface area (Å²) in [4.78, 5) is 34.0. The predicted octanol–water partition coefficient (Wildman–Crippen LogP) is 3.23. The highest BCUT2D eigenvalue weighted by Crippen LogP contribution is 2.21. The molecular weight excluding hydrogens is 364 g/mol. The van der Waals surface area contributed by atoms with Gasteiger partial charge in [0.05, 0.1) is 36.9 Å². The fraction of sp³-hybridized carbons (Fsp3) is 0.182. The summed E-state index contributed by atoms with van der Waals surface area (Å²) in [6, 6.07) is 7.71. The van der Waals surface area contributed by atoms with Crippen molar-refractivity contribution in [2.75, 3.05) is 0 Å². The van der Waals surface area contributed by atoms with E-state index in [2.05, 4.69) is 24.9 Å². The number of aromatic nitrogens is 6. The van der Waals surface area contributed by atoms with Crippen molar-refractivity contribution < 1.29 is 4.79 Å². The molecule has 0 saturated carbocycles. The Morgan fingerprint density at radius 1 is 0.897 bits per heavy atom. The Morgan fingerprint density at radius 3 is 2.41 bits per heavy atom. The average Bonchev–Trinajstić information content (AvgIpc) is 3.10. The first-order valence-corrected chi connectivity index (χ1v) is 9.28. The summed E-state index contributed by atoms with van der Waals surface area (Å²) in [7, 11) is 0. The molecule has 0 spiro atoms. The summed E-state index contributed by atoms with van der Waals surface area (Å²) in [6.07, 6.45) is 10.4. The molecule has 0 saturated heterocycles. The summed E-state index contributed by atoms with van der Waals surface area (Å²) < 4.78 is 1.87. The number of imidazole rings is 1. The number of aryl methyl sites for hydroxylation is 1. The molecule has 4 aromatic rings. The molecule has 4 rings (SSSR count). The van der Waals surface area contributed by atoms with Crippen LogP contribution >= 0.6 is 0 Å². The van der Waals surface area contributed by atoms with Crippen LogP contribution in [-0.2, 0) is 17.8 Å². The van der Waals surface area contributed by atoms with Gasteiger partial charge in [-0.05, 0) is 38.1 Å². The van der Waals surface area contributed by atoms with Crippen molar-refractivity contribution in [3.8, 4) is 22.5 Å². The number of hydrogen-bond acceptors (Lipinski definition) is 6. The molecule has 7 nitrogen and oxygen atoms in total. The lowest BCUT2D eigenvalue weighted by molar-refractivity contribution is -0.119. The number of hydrogen-bond donors (Lipinski definition) is 0. The van der Waals surface area contributed by atoms with E-state index >= 15 is 0 Å². The molecule has 0 radical (unpaired) electrons. The number of ketones is 1. The zero-order valence-corrected chi connectivity index (χ0v) is 16.3. The van der Waals surface area contributed by atoms with Crippen molar-refractivity contribution in [3.05, 3.63) is 78.7 Å². The van der Waals surface area contributed by atoms with Gasteiger partial charge in [0.1, 0.15) is 0 Å². The molecule has 0 atom stereocenters. The van der Waals surface area contributed by atoms with Gasteiger partial charge in [-0.3, -0.25) is 24.7 Å². The number of rotatable bonds is 6. The molecule has 0 unspecified atom stereocenters. The van der Waals surface area contributed by atoms with Crippen LogP contribution in [0.15, 0.2) is 61.6 Å². The van der Waals surface area contributed by atoms with Gasteiger partial charge in [-0.1, -0.05) is 0 Å². The number of carbonyl (C=O) groups is 1. The van der Waals surface area contributed by atoms with Gasteiger partial charge in [0, 0.05) is 53.0 Å². The first kappa shape index (κ1) is 18.6. The highest BCUT2D eigenvalue weighted by molar-refractivity contribution is 5.80. The van der Waals surface area contributed by atoms with Crippen LogP contribution in [0, 0.1) is 13.8 Å². The molecule has 0 bridgehead atoms. The van der Waals surface area contributed by atoms with Crippen LogP contribution in [0.2, 0.25) is 0 Å². The molecule has 0 fully saturated rings. The standard InChI is InChI=1S/C22H20N6O/c1-15-3-4-18(11-25-15)22-16(2)28(14-27-22)13-20(29)9-19-6-5-17(10-26-19)21-12-23-7-8-24-21/h3-8,10-12,14H,9,13H2,1-2H3. The largest absolute Gasteiger partial charge is 0.327 e. The van der Waals surface area contributed by atoms with Gasteiger partial charge >= 0.3 is 0 Å². The van der Waals surface area contributed by atoms with Crippen molar-refractivity contribution >= 4 is 5.78 Å². The molecular formula is C22H20N6O. The van der Waals surface area contributed by atoms with Gasteiger partial charge in [-0.15, -0.1) is 0 Å². The fourth-order valence-corrected chi connectivity index (χ4v) is 3.07. The summed E-state index contributed by atoms with van der Waals surface area (Å²) in [6.45, 7) is 4.16. The molecule has 4 aromatic heterocycles. The minimum Gasteiger partial charge on any atom is -0.327 e. The lowest BCUT2D eigenvalue weighted by Crippen LogP contribution is -2.13. The Bertz CT molecular complexity index is 1120. The Kier molecular flexibility index (Phi) is 5.20. The van der Waals surface area contributed by atoms with E-state index in [1.165, 1.54) is 0 Å². The number of Topliss-reactive ketones (excluding diaryl/α,β-unsaturated/α-hetero) is 1. The van der Waals surface area contributed by atoms with Crippen LogP contribution in [0.5, 0.6) is 0 Å². The summed E-state index contributed by atoms with van der Waals surface area (Å²) in [5, 5.41) is 0. The quantitative estimate of drug-likeness (QED) is 0.507. The molecule has 7 heteroatoms. The topological polar surface area (TPSA) is 86.5 Å². The first-order chi connectivity index (χ1) is 14.1. The maximum atomic E-state index is 12.6. The Labute approximate surface area is 168 Å². The Hall–Kier alpha value is -3.74. The van der Waals surface area contributed by atoms with Crippen molar-refractivity contribution in [2.24, 2.45) is 0 Å². The van der Waals surface area contributed by atoms with Crippen molar-refractivity contribution in [2.45, 2.75) is 26.8 Å².